The normalized spacial score (nSPS) is 16.1. The van der Waals surface area contributed by atoms with Gasteiger partial charge in [-0.05, 0) is 94.2 Å². The Morgan fingerprint density at radius 3 is 2.47 bits per heavy atom. The van der Waals surface area contributed by atoms with Gasteiger partial charge in [-0.15, -0.1) is 0 Å². The summed E-state index contributed by atoms with van der Waals surface area (Å²) in [6.07, 6.45) is 8.66. The number of hydrogen-bond acceptors (Lipinski definition) is 4. The Morgan fingerprint density at radius 1 is 1.11 bits per heavy atom. The van der Waals surface area contributed by atoms with E-state index in [1.54, 1.807) is 6.92 Å². The van der Waals surface area contributed by atoms with Crippen LogP contribution in [0.2, 0.25) is 0 Å². The smallest absolute Gasteiger partial charge is 0.159 e. The molecule has 0 spiro atoms. The van der Waals surface area contributed by atoms with Crippen LogP contribution in [0.1, 0.15) is 54.1 Å². The van der Waals surface area contributed by atoms with Gasteiger partial charge in [-0.1, -0.05) is 54.6 Å². The number of likely N-dealkylation sites (tertiary alicyclic amines) is 1. The molecule has 1 aliphatic heterocycles. The highest BCUT2D eigenvalue weighted by Gasteiger charge is 2.21. The number of nitrogens with zero attached hydrogens (tertiary/aromatic N) is 3. The Balaban J connectivity index is 1.40. The predicted octanol–water partition coefficient (Wildman–Crippen LogP) is 6.09. The minimum absolute atomic E-state index is 0.127. The molecule has 0 atom stereocenters. The minimum atomic E-state index is 0.127. The molecule has 5 heteroatoms. The molecule has 4 rings (SSSR count). The molecule has 2 aromatic carbocycles. The van der Waals surface area contributed by atoms with Crippen LogP contribution in [0.15, 0.2) is 78.5 Å². The molecule has 0 radical (unpaired) electrons. The second kappa shape index (κ2) is 11.6. The van der Waals surface area contributed by atoms with Crippen molar-refractivity contribution in [2.24, 2.45) is 0 Å². The number of likely N-dealkylation sites (N-methyl/N-ethyl adjacent to an activating group) is 1. The Hall–Kier alpha value is -3.28. The first-order valence-corrected chi connectivity index (χ1v) is 12.8. The van der Waals surface area contributed by atoms with Gasteiger partial charge in [0.05, 0.1) is 11.7 Å². The van der Waals surface area contributed by atoms with E-state index in [9.17, 15) is 4.79 Å². The Morgan fingerprint density at radius 2 is 1.81 bits per heavy atom. The van der Waals surface area contributed by atoms with Gasteiger partial charge in [0.15, 0.2) is 5.78 Å². The van der Waals surface area contributed by atoms with Crippen molar-refractivity contribution < 1.29 is 4.79 Å². The number of ketones is 1. The van der Waals surface area contributed by atoms with Crippen molar-refractivity contribution in [1.29, 1.82) is 0 Å². The van der Waals surface area contributed by atoms with Gasteiger partial charge < -0.3 is 4.90 Å². The minimum Gasteiger partial charge on any atom is -0.306 e. The summed E-state index contributed by atoms with van der Waals surface area (Å²) in [5.41, 5.74) is 7.88. The lowest BCUT2D eigenvalue weighted by molar-refractivity contribution is 0.101. The standard InChI is InChI=1S/C31H38N4O/c1-22(21-35-16-12-27(13-17-35)26-8-6-25(7-9-26)24(3)36)18-23(2)30(14-15-34(4)5)28-10-11-31-29(19-28)20-32-33-31/h6-11,14,18-20,27H,2,12-13,15-17,21H2,1,3-5H3,(H,32,33)/b22-18+,30-14+. The molecule has 1 saturated heterocycles. The van der Waals surface area contributed by atoms with Crippen LogP contribution in [0.4, 0.5) is 0 Å². The van der Waals surface area contributed by atoms with Crippen LogP contribution in [0.25, 0.3) is 16.5 Å². The van der Waals surface area contributed by atoms with Crippen molar-refractivity contribution in [3.63, 3.8) is 0 Å². The second-order valence-corrected chi connectivity index (χ2v) is 10.3. The number of Topliss-reactive ketones (excluding diaryl/α,β-unsaturated/α-hetero) is 1. The number of H-pyrrole nitrogens is 1. The molecule has 0 saturated carbocycles. The highest BCUT2D eigenvalue weighted by atomic mass is 16.1. The summed E-state index contributed by atoms with van der Waals surface area (Å²) in [4.78, 5) is 16.3. The largest absolute Gasteiger partial charge is 0.306 e. The van der Waals surface area contributed by atoms with Crippen molar-refractivity contribution in [3.05, 3.63) is 95.2 Å². The fraction of sp³-hybridized carbons (Fsp3) is 0.355. The lowest BCUT2D eigenvalue weighted by Crippen LogP contribution is -2.34. The number of carbonyl (C=O) groups excluding carboxylic acids is 1. The van der Waals surface area contributed by atoms with Crippen molar-refractivity contribution in [1.82, 2.24) is 20.0 Å². The van der Waals surface area contributed by atoms with Crippen LogP contribution in [0, 0.1) is 0 Å². The summed E-state index contributed by atoms with van der Waals surface area (Å²) in [6.45, 7) is 12.3. The van der Waals surface area contributed by atoms with E-state index in [4.69, 9.17) is 0 Å². The summed E-state index contributed by atoms with van der Waals surface area (Å²) >= 11 is 0. The fourth-order valence-electron chi connectivity index (χ4n) is 5.01. The van der Waals surface area contributed by atoms with Gasteiger partial charge in [-0.25, -0.2) is 0 Å². The van der Waals surface area contributed by atoms with Gasteiger partial charge in [0.2, 0.25) is 0 Å². The molecule has 5 nitrogen and oxygen atoms in total. The lowest BCUT2D eigenvalue weighted by Gasteiger charge is -2.32. The van der Waals surface area contributed by atoms with Gasteiger partial charge in [0.1, 0.15) is 0 Å². The summed E-state index contributed by atoms with van der Waals surface area (Å²) in [7, 11) is 4.16. The number of carbonyl (C=O) groups is 1. The van der Waals surface area contributed by atoms with Gasteiger partial charge in [-0.2, -0.15) is 5.10 Å². The number of benzene rings is 2. The molecule has 1 aliphatic rings. The third kappa shape index (κ3) is 6.48. The van der Waals surface area contributed by atoms with E-state index in [2.05, 4.69) is 90.1 Å². The van der Waals surface area contributed by atoms with E-state index in [-0.39, 0.29) is 5.78 Å². The molecule has 1 aromatic heterocycles. The molecular weight excluding hydrogens is 444 g/mol. The molecule has 1 N–H and O–H groups in total. The first-order chi connectivity index (χ1) is 17.3. The third-order valence-electron chi connectivity index (χ3n) is 7.03. The van der Waals surface area contributed by atoms with Gasteiger partial charge in [0, 0.05) is 24.0 Å². The maximum Gasteiger partial charge on any atom is 0.159 e. The first kappa shape index (κ1) is 25.8. The Labute approximate surface area is 215 Å². The first-order valence-electron chi connectivity index (χ1n) is 12.8. The SMILES string of the molecule is C=C(/C=C(\C)CN1CCC(c2ccc(C(C)=O)cc2)CC1)/C(=C\CN(C)C)c1ccc2[nH]ncc2c1. The zero-order valence-electron chi connectivity index (χ0n) is 22.1. The number of aromatic amines is 1. The van der Waals surface area contributed by atoms with Gasteiger partial charge >= 0.3 is 0 Å². The van der Waals surface area contributed by atoms with Crippen LogP contribution < -0.4 is 0 Å². The highest BCUT2D eigenvalue weighted by Crippen LogP contribution is 2.30. The van der Waals surface area contributed by atoms with Crippen LogP contribution in [-0.4, -0.2) is 66.1 Å². The number of allylic oxidation sites excluding steroid dienone is 3. The van der Waals surface area contributed by atoms with Crippen LogP contribution in [-0.2, 0) is 0 Å². The molecule has 0 aliphatic carbocycles. The molecule has 188 valence electrons. The molecule has 0 unspecified atom stereocenters. The maximum atomic E-state index is 11.6. The second-order valence-electron chi connectivity index (χ2n) is 10.3. The Bertz CT molecular complexity index is 1270. The summed E-state index contributed by atoms with van der Waals surface area (Å²) < 4.78 is 0. The lowest BCUT2D eigenvalue weighted by atomic mass is 9.88. The molecule has 0 bridgehead atoms. The number of aromatic nitrogens is 2. The number of rotatable bonds is 9. The van der Waals surface area contributed by atoms with Crippen molar-refractivity contribution in [2.45, 2.75) is 32.6 Å². The summed E-state index contributed by atoms with van der Waals surface area (Å²) in [6, 6.07) is 14.6. The molecular formula is C31H38N4O. The zero-order valence-corrected chi connectivity index (χ0v) is 22.1. The van der Waals surface area contributed by atoms with Crippen LogP contribution in [0.3, 0.4) is 0 Å². The number of piperidine rings is 1. The molecule has 2 heterocycles. The molecule has 0 amide bonds. The average Bonchev–Trinajstić information content (AvgIpc) is 3.32. The van der Waals surface area contributed by atoms with E-state index in [1.165, 1.54) is 16.7 Å². The zero-order chi connectivity index (χ0) is 25.7. The quantitative estimate of drug-likeness (QED) is 0.296. The van der Waals surface area contributed by atoms with E-state index >= 15 is 0 Å². The maximum absolute atomic E-state index is 11.6. The van der Waals surface area contributed by atoms with Crippen molar-refractivity contribution >= 4 is 22.3 Å². The number of hydrogen-bond donors (Lipinski definition) is 1. The molecule has 36 heavy (non-hydrogen) atoms. The van der Waals surface area contributed by atoms with E-state index < -0.39 is 0 Å². The van der Waals surface area contributed by atoms with Gasteiger partial charge in [0.25, 0.3) is 0 Å². The Kier molecular flexibility index (Phi) is 8.34. The monoisotopic (exact) mass is 482 g/mol. The van der Waals surface area contributed by atoms with Gasteiger partial charge in [-0.3, -0.25) is 14.8 Å². The third-order valence-corrected chi connectivity index (χ3v) is 7.03. The van der Waals surface area contributed by atoms with E-state index in [0.717, 1.165) is 66.6 Å². The summed E-state index contributed by atoms with van der Waals surface area (Å²) in [5.74, 6) is 0.696. The highest BCUT2D eigenvalue weighted by molar-refractivity contribution is 5.94. The van der Waals surface area contributed by atoms with Crippen molar-refractivity contribution in [3.8, 4) is 0 Å². The topological polar surface area (TPSA) is 52.2 Å². The summed E-state index contributed by atoms with van der Waals surface area (Å²) in [5, 5.41) is 8.30. The molecule has 3 aromatic rings. The van der Waals surface area contributed by atoms with Crippen LogP contribution >= 0.6 is 0 Å². The van der Waals surface area contributed by atoms with Crippen molar-refractivity contribution in [2.75, 3.05) is 40.3 Å². The fourth-order valence-corrected chi connectivity index (χ4v) is 5.01. The predicted molar refractivity (Wildman–Crippen MR) is 150 cm³/mol. The number of fused-ring (bicyclic) bond motifs is 1. The molecule has 1 fully saturated rings. The average molecular weight is 483 g/mol. The number of nitrogens with one attached hydrogen (secondary N) is 1. The van der Waals surface area contributed by atoms with Crippen LogP contribution in [0.5, 0.6) is 0 Å². The van der Waals surface area contributed by atoms with E-state index in [0.29, 0.717) is 5.92 Å². The van der Waals surface area contributed by atoms with E-state index in [1.807, 2.05) is 18.3 Å².